The van der Waals surface area contributed by atoms with E-state index in [2.05, 4.69) is 20.6 Å². The SMILES string of the molecule is COP(=O)(CC(=NNC(=O)Nc1ccc(OC(F)(F)F)cc1)c1ccccc1)OC. The molecule has 2 aromatic carbocycles. The van der Waals surface area contributed by atoms with Crippen LogP contribution >= 0.6 is 7.60 Å². The lowest BCUT2D eigenvalue weighted by Crippen LogP contribution is -2.26. The number of hydrogen-bond donors (Lipinski definition) is 2. The Hall–Kier alpha value is -2.88. The predicted octanol–water partition coefficient (Wildman–Crippen LogP) is 4.60. The van der Waals surface area contributed by atoms with Gasteiger partial charge in [-0.2, -0.15) is 5.10 Å². The van der Waals surface area contributed by atoms with Crippen LogP contribution in [0.1, 0.15) is 5.56 Å². The van der Waals surface area contributed by atoms with Gasteiger partial charge >= 0.3 is 20.0 Å². The second kappa shape index (κ2) is 10.2. The number of alkyl halides is 3. The number of carbonyl (C=O) groups excluding carboxylic acids is 1. The van der Waals surface area contributed by atoms with E-state index >= 15 is 0 Å². The Kier molecular flexibility index (Phi) is 7.99. The molecule has 12 heteroatoms. The Labute approximate surface area is 170 Å². The first-order chi connectivity index (χ1) is 14.1. The highest BCUT2D eigenvalue weighted by Gasteiger charge is 2.31. The first-order valence-electron chi connectivity index (χ1n) is 8.39. The van der Waals surface area contributed by atoms with Crippen molar-refractivity contribution in [2.24, 2.45) is 5.10 Å². The van der Waals surface area contributed by atoms with Crippen LogP contribution in [0.4, 0.5) is 23.7 Å². The summed E-state index contributed by atoms with van der Waals surface area (Å²) in [4.78, 5) is 12.1. The molecule has 0 spiro atoms. The van der Waals surface area contributed by atoms with E-state index in [0.29, 0.717) is 5.56 Å². The number of hydrazone groups is 1. The molecule has 2 aromatic rings. The molecule has 0 aliphatic carbocycles. The number of urea groups is 1. The molecule has 0 bridgehead atoms. The predicted molar refractivity (Wildman–Crippen MR) is 105 cm³/mol. The molecule has 162 valence electrons. The van der Waals surface area contributed by atoms with E-state index < -0.39 is 25.7 Å². The molecular formula is C18H19F3N3O5P. The number of amides is 2. The average molecular weight is 445 g/mol. The molecule has 0 unspecified atom stereocenters. The van der Waals surface area contributed by atoms with Crippen LogP contribution < -0.4 is 15.5 Å². The number of carbonyl (C=O) groups is 1. The summed E-state index contributed by atoms with van der Waals surface area (Å²) < 4.78 is 62.6. The third-order valence-corrected chi connectivity index (χ3v) is 5.44. The molecule has 30 heavy (non-hydrogen) atoms. The second-order valence-corrected chi connectivity index (χ2v) is 7.97. The minimum atomic E-state index is -4.81. The molecular weight excluding hydrogens is 426 g/mol. The van der Waals surface area contributed by atoms with Gasteiger partial charge in [0.15, 0.2) is 0 Å². The van der Waals surface area contributed by atoms with E-state index in [9.17, 15) is 22.5 Å². The van der Waals surface area contributed by atoms with Gasteiger partial charge in [0.2, 0.25) is 0 Å². The zero-order valence-corrected chi connectivity index (χ0v) is 16.9. The van der Waals surface area contributed by atoms with Crippen molar-refractivity contribution >= 4 is 25.0 Å². The van der Waals surface area contributed by atoms with E-state index in [-0.39, 0.29) is 17.6 Å². The summed E-state index contributed by atoms with van der Waals surface area (Å²) in [5.41, 5.74) is 3.28. The van der Waals surface area contributed by atoms with Crippen molar-refractivity contribution in [3.8, 4) is 5.75 Å². The average Bonchev–Trinajstić information content (AvgIpc) is 2.72. The first kappa shape index (κ1) is 23.4. The summed E-state index contributed by atoms with van der Waals surface area (Å²) in [7, 11) is -0.990. The van der Waals surface area contributed by atoms with Crippen molar-refractivity contribution in [2.75, 3.05) is 25.7 Å². The van der Waals surface area contributed by atoms with Crippen LogP contribution in [-0.2, 0) is 13.6 Å². The Morgan fingerprint density at radius 2 is 1.63 bits per heavy atom. The summed E-state index contributed by atoms with van der Waals surface area (Å²) >= 11 is 0. The minimum absolute atomic E-state index is 0.201. The number of nitrogens with one attached hydrogen (secondary N) is 2. The van der Waals surface area contributed by atoms with E-state index in [4.69, 9.17) is 9.05 Å². The Bertz CT molecular complexity index is 913. The molecule has 0 saturated heterocycles. The Morgan fingerprint density at radius 3 is 2.17 bits per heavy atom. The highest BCUT2D eigenvalue weighted by Crippen LogP contribution is 2.46. The van der Waals surface area contributed by atoms with E-state index in [1.807, 2.05) is 0 Å². The van der Waals surface area contributed by atoms with Gasteiger partial charge < -0.3 is 19.1 Å². The lowest BCUT2D eigenvalue weighted by atomic mass is 10.1. The van der Waals surface area contributed by atoms with Crippen LogP contribution in [0, 0.1) is 0 Å². The molecule has 0 fully saturated rings. The lowest BCUT2D eigenvalue weighted by Gasteiger charge is -2.15. The van der Waals surface area contributed by atoms with Crippen LogP contribution in [0.5, 0.6) is 5.75 Å². The number of halogens is 3. The molecule has 0 saturated carbocycles. The van der Waals surface area contributed by atoms with Gasteiger partial charge in [-0.05, 0) is 29.8 Å². The highest BCUT2D eigenvalue weighted by molar-refractivity contribution is 7.54. The number of anilines is 1. The number of rotatable bonds is 8. The largest absolute Gasteiger partial charge is 0.573 e. The molecule has 0 aromatic heterocycles. The molecule has 8 nitrogen and oxygen atoms in total. The lowest BCUT2D eigenvalue weighted by molar-refractivity contribution is -0.274. The molecule has 2 rings (SSSR count). The van der Waals surface area contributed by atoms with Gasteiger partial charge in [0.25, 0.3) is 0 Å². The normalized spacial score (nSPS) is 12.4. The highest BCUT2D eigenvalue weighted by atomic mass is 31.2. The van der Waals surface area contributed by atoms with Crippen molar-refractivity contribution < 1.29 is 36.3 Å². The zero-order chi connectivity index (χ0) is 22.2. The fourth-order valence-electron chi connectivity index (χ4n) is 2.23. The van der Waals surface area contributed by atoms with E-state index in [0.717, 1.165) is 12.1 Å². The number of nitrogens with zero attached hydrogens (tertiary/aromatic N) is 1. The summed E-state index contributed by atoms with van der Waals surface area (Å²) in [5, 5.41) is 6.39. The van der Waals surface area contributed by atoms with Crippen molar-refractivity contribution in [1.82, 2.24) is 5.43 Å². The number of ether oxygens (including phenoxy) is 1. The smallest absolute Gasteiger partial charge is 0.406 e. The zero-order valence-electron chi connectivity index (χ0n) is 16.0. The van der Waals surface area contributed by atoms with Crippen molar-refractivity contribution in [3.05, 3.63) is 60.2 Å². The Morgan fingerprint density at radius 1 is 1.03 bits per heavy atom. The van der Waals surface area contributed by atoms with Crippen molar-refractivity contribution in [3.63, 3.8) is 0 Å². The first-order valence-corrected chi connectivity index (χ1v) is 10.1. The molecule has 0 aliphatic rings. The van der Waals surface area contributed by atoms with Crippen LogP contribution in [0.2, 0.25) is 0 Å². The van der Waals surface area contributed by atoms with Crippen LogP contribution in [0.25, 0.3) is 0 Å². The third kappa shape index (κ3) is 7.51. The van der Waals surface area contributed by atoms with Gasteiger partial charge in [-0.15, -0.1) is 13.2 Å². The monoisotopic (exact) mass is 445 g/mol. The molecule has 0 radical (unpaired) electrons. The van der Waals surface area contributed by atoms with Gasteiger partial charge in [-0.3, -0.25) is 4.57 Å². The van der Waals surface area contributed by atoms with Gasteiger partial charge in [0, 0.05) is 19.9 Å². The van der Waals surface area contributed by atoms with Gasteiger partial charge in [0.05, 0.1) is 11.9 Å². The maximum absolute atomic E-state index is 12.5. The van der Waals surface area contributed by atoms with Crippen LogP contribution in [-0.4, -0.2) is 38.5 Å². The minimum Gasteiger partial charge on any atom is -0.406 e. The van der Waals surface area contributed by atoms with Crippen molar-refractivity contribution in [2.45, 2.75) is 6.36 Å². The molecule has 0 heterocycles. The third-order valence-electron chi connectivity index (χ3n) is 3.64. The number of benzene rings is 2. The maximum atomic E-state index is 12.5. The van der Waals surface area contributed by atoms with Crippen LogP contribution in [0.3, 0.4) is 0 Å². The Balaban J connectivity index is 2.09. The molecule has 2 amide bonds. The number of hydrogen-bond acceptors (Lipinski definition) is 6. The maximum Gasteiger partial charge on any atom is 0.573 e. The molecule has 0 atom stereocenters. The van der Waals surface area contributed by atoms with E-state index in [1.165, 1.54) is 26.4 Å². The fraction of sp³-hybridized carbons (Fsp3) is 0.222. The van der Waals surface area contributed by atoms with Gasteiger partial charge in [0.1, 0.15) is 5.75 Å². The fourth-order valence-corrected chi connectivity index (χ4v) is 3.25. The van der Waals surface area contributed by atoms with Crippen LogP contribution in [0.15, 0.2) is 59.7 Å². The molecule has 0 aliphatic heterocycles. The summed E-state index contributed by atoms with van der Waals surface area (Å²) in [6.45, 7) is 0. The van der Waals surface area contributed by atoms with Crippen molar-refractivity contribution in [1.29, 1.82) is 0 Å². The molecule has 2 N–H and O–H groups in total. The summed E-state index contributed by atoms with van der Waals surface area (Å²) in [6, 6.07) is 12.4. The topological polar surface area (TPSA) is 98.2 Å². The standard InChI is InChI=1S/C18H19F3N3O5P/c1-27-30(26,28-2)12-16(13-6-4-3-5-7-13)23-24-17(25)22-14-8-10-15(11-9-14)29-18(19,20)21/h3-11H,12H2,1-2H3,(H2,22,24,25). The summed E-state index contributed by atoms with van der Waals surface area (Å²) in [5.74, 6) is -0.423. The van der Waals surface area contributed by atoms with Gasteiger partial charge in [-0.1, -0.05) is 30.3 Å². The summed E-state index contributed by atoms with van der Waals surface area (Å²) in [6.07, 6.45) is -5.01. The van der Waals surface area contributed by atoms with Gasteiger partial charge in [-0.25, -0.2) is 10.2 Å². The van der Waals surface area contributed by atoms with E-state index in [1.54, 1.807) is 30.3 Å². The second-order valence-electron chi connectivity index (χ2n) is 5.70. The quantitative estimate of drug-likeness (QED) is 0.352.